The summed E-state index contributed by atoms with van der Waals surface area (Å²) in [5.41, 5.74) is -0.298. The maximum Gasteiger partial charge on any atom is 0.417 e. The molecule has 2 aromatic heterocycles. The topological polar surface area (TPSA) is 106 Å². The summed E-state index contributed by atoms with van der Waals surface area (Å²) in [5, 5.41) is 13.9. The van der Waals surface area contributed by atoms with E-state index in [4.69, 9.17) is 16.0 Å². The van der Waals surface area contributed by atoms with Gasteiger partial charge in [0.15, 0.2) is 5.76 Å². The van der Waals surface area contributed by atoms with Crippen molar-refractivity contribution in [1.29, 1.82) is 0 Å². The predicted molar refractivity (Wildman–Crippen MR) is 132 cm³/mol. The van der Waals surface area contributed by atoms with Crippen molar-refractivity contribution in [3.05, 3.63) is 82.6 Å². The van der Waals surface area contributed by atoms with Gasteiger partial charge in [0.05, 0.1) is 10.6 Å². The summed E-state index contributed by atoms with van der Waals surface area (Å²) in [6.45, 7) is 0.983. The molecular formula is C25H22ClF3N6O3. The highest BCUT2D eigenvalue weighted by molar-refractivity contribution is 6.31. The Kier molecular flexibility index (Phi) is 8.10. The first-order valence-corrected chi connectivity index (χ1v) is 11.8. The van der Waals surface area contributed by atoms with E-state index in [9.17, 15) is 22.8 Å². The fourth-order valence-electron chi connectivity index (χ4n) is 3.58. The number of carbonyl (C=O) groups is 2. The van der Waals surface area contributed by atoms with E-state index in [1.54, 1.807) is 19.1 Å². The molecule has 2 amide bonds. The molecule has 38 heavy (non-hydrogen) atoms. The van der Waals surface area contributed by atoms with Crippen LogP contribution in [0.2, 0.25) is 5.02 Å². The Morgan fingerprint density at radius 2 is 1.87 bits per heavy atom. The van der Waals surface area contributed by atoms with E-state index in [0.29, 0.717) is 17.9 Å². The van der Waals surface area contributed by atoms with Crippen LogP contribution >= 0.6 is 11.6 Å². The van der Waals surface area contributed by atoms with Crippen LogP contribution in [0.5, 0.6) is 0 Å². The molecule has 9 nitrogen and oxygen atoms in total. The Hall–Kier alpha value is -4.19. The van der Waals surface area contributed by atoms with Crippen molar-refractivity contribution in [1.82, 2.24) is 25.5 Å². The van der Waals surface area contributed by atoms with E-state index < -0.39 is 41.7 Å². The second-order valence-corrected chi connectivity index (χ2v) is 8.69. The van der Waals surface area contributed by atoms with Crippen molar-refractivity contribution in [2.45, 2.75) is 26.1 Å². The molecule has 13 heteroatoms. The number of rotatable bonds is 9. The molecule has 2 aromatic carbocycles. The lowest BCUT2D eigenvalue weighted by molar-refractivity contribution is -0.137. The van der Waals surface area contributed by atoms with Gasteiger partial charge in [0.25, 0.3) is 5.91 Å². The van der Waals surface area contributed by atoms with Crippen LogP contribution in [0, 0.1) is 6.92 Å². The van der Waals surface area contributed by atoms with E-state index in [2.05, 4.69) is 20.7 Å². The average Bonchev–Trinajstić information content (AvgIpc) is 3.52. The van der Waals surface area contributed by atoms with Crippen molar-refractivity contribution in [3.8, 4) is 11.6 Å². The van der Waals surface area contributed by atoms with Crippen LogP contribution in [0.15, 0.2) is 65.1 Å². The number of furan rings is 1. The SMILES string of the molecule is Cc1ccc(-c2nnn(CC(=O)N(CC(=O)NCCc3ccccc3)c3ccc(Cl)c(C(F)(F)F)c3)n2)o1. The lowest BCUT2D eigenvalue weighted by Gasteiger charge is -2.23. The van der Waals surface area contributed by atoms with Gasteiger partial charge in [0, 0.05) is 12.2 Å². The van der Waals surface area contributed by atoms with E-state index in [1.807, 2.05) is 30.3 Å². The van der Waals surface area contributed by atoms with Gasteiger partial charge < -0.3 is 14.6 Å². The van der Waals surface area contributed by atoms with Gasteiger partial charge in [-0.3, -0.25) is 9.59 Å². The zero-order chi connectivity index (χ0) is 27.3. The average molecular weight is 547 g/mol. The molecule has 0 fully saturated rings. The second kappa shape index (κ2) is 11.5. The number of nitrogens with zero attached hydrogens (tertiary/aromatic N) is 5. The molecule has 2 heterocycles. The fraction of sp³-hybridized carbons (Fsp3) is 0.240. The van der Waals surface area contributed by atoms with E-state index >= 15 is 0 Å². The number of hydrogen-bond acceptors (Lipinski definition) is 6. The van der Waals surface area contributed by atoms with Crippen LogP contribution in [0.3, 0.4) is 0 Å². The smallest absolute Gasteiger partial charge is 0.417 e. The maximum atomic E-state index is 13.5. The summed E-state index contributed by atoms with van der Waals surface area (Å²) in [6.07, 6.45) is -4.22. The molecule has 0 bridgehead atoms. The number of halogens is 4. The van der Waals surface area contributed by atoms with Crippen LogP contribution in [0.25, 0.3) is 11.6 Å². The van der Waals surface area contributed by atoms with Crippen LogP contribution in [-0.4, -0.2) is 45.1 Å². The number of nitrogens with one attached hydrogen (secondary N) is 1. The van der Waals surface area contributed by atoms with Gasteiger partial charge in [-0.05, 0) is 54.5 Å². The Morgan fingerprint density at radius 1 is 1.11 bits per heavy atom. The second-order valence-electron chi connectivity index (χ2n) is 8.28. The van der Waals surface area contributed by atoms with Crippen molar-refractivity contribution in [2.75, 3.05) is 18.0 Å². The summed E-state index contributed by atoms with van der Waals surface area (Å²) < 4.78 is 45.9. The molecule has 0 spiro atoms. The first-order valence-electron chi connectivity index (χ1n) is 11.4. The number of amides is 2. The summed E-state index contributed by atoms with van der Waals surface area (Å²) in [7, 11) is 0. The minimum atomic E-state index is -4.76. The summed E-state index contributed by atoms with van der Waals surface area (Å²) in [6, 6.07) is 15.7. The fourth-order valence-corrected chi connectivity index (χ4v) is 3.81. The number of benzene rings is 2. The lowest BCUT2D eigenvalue weighted by atomic mass is 10.1. The third-order valence-corrected chi connectivity index (χ3v) is 5.77. The van der Waals surface area contributed by atoms with Crippen LogP contribution in [0.4, 0.5) is 18.9 Å². The quantitative estimate of drug-likeness (QED) is 0.335. The van der Waals surface area contributed by atoms with Crippen molar-refractivity contribution in [2.24, 2.45) is 0 Å². The number of anilines is 1. The van der Waals surface area contributed by atoms with Crippen LogP contribution < -0.4 is 10.2 Å². The Morgan fingerprint density at radius 3 is 2.55 bits per heavy atom. The monoisotopic (exact) mass is 546 g/mol. The van der Waals surface area contributed by atoms with Gasteiger partial charge >= 0.3 is 6.18 Å². The third kappa shape index (κ3) is 6.76. The summed E-state index contributed by atoms with van der Waals surface area (Å²) in [4.78, 5) is 27.8. The molecule has 1 N–H and O–H groups in total. The standard InChI is InChI=1S/C25H22ClF3N6O3/c1-16-7-10-21(38-16)24-31-33-35(32-24)15-23(37)34(18-8-9-20(26)19(13-18)25(27,28)29)14-22(36)30-12-11-17-5-3-2-4-6-17/h2-10,13H,11-12,14-15H2,1H3,(H,30,36). The molecule has 0 saturated carbocycles. The number of aryl methyl sites for hydroxylation is 1. The largest absolute Gasteiger partial charge is 0.458 e. The first-order chi connectivity index (χ1) is 18.1. The van der Waals surface area contributed by atoms with Gasteiger partial charge in [-0.2, -0.15) is 18.0 Å². The predicted octanol–water partition coefficient (Wildman–Crippen LogP) is 4.31. The minimum Gasteiger partial charge on any atom is -0.458 e. The van der Waals surface area contributed by atoms with Crippen LogP contribution in [-0.2, 0) is 28.7 Å². The van der Waals surface area contributed by atoms with Gasteiger partial charge in [0.1, 0.15) is 18.8 Å². The molecule has 0 unspecified atom stereocenters. The molecule has 0 aliphatic heterocycles. The van der Waals surface area contributed by atoms with Gasteiger partial charge in [-0.15, -0.1) is 10.2 Å². The molecule has 0 saturated heterocycles. The molecule has 4 rings (SSSR count). The molecule has 4 aromatic rings. The molecule has 0 aliphatic carbocycles. The van der Waals surface area contributed by atoms with Crippen molar-refractivity contribution < 1.29 is 27.2 Å². The Balaban J connectivity index is 1.52. The Labute approximate surface area is 220 Å². The minimum absolute atomic E-state index is 0.127. The van der Waals surface area contributed by atoms with Crippen molar-refractivity contribution in [3.63, 3.8) is 0 Å². The Bertz CT molecular complexity index is 1420. The molecule has 0 aliphatic rings. The zero-order valence-electron chi connectivity index (χ0n) is 20.1. The maximum absolute atomic E-state index is 13.5. The number of aromatic nitrogens is 4. The number of carbonyl (C=O) groups excluding carboxylic acids is 2. The number of hydrogen-bond donors (Lipinski definition) is 1. The summed E-state index contributed by atoms with van der Waals surface area (Å²) in [5.74, 6) is -0.209. The molecule has 0 radical (unpaired) electrons. The van der Waals surface area contributed by atoms with Gasteiger partial charge in [-0.25, -0.2) is 0 Å². The van der Waals surface area contributed by atoms with E-state index in [1.165, 1.54) is 6.07 Å². The molecule has 198 valence electrons. The molecular weight excluding hydrogens is 525 g/mol. The normalized spacial score (nSPS) is 11.4. The highest BCUT2D eigenvalue weighted by atomic mass is 35.5. The first kappa shape index (κ1) is 26.9. The van der Waals surface area contributed by atoms with E-state index in [0.717, 1.165) is 27.4 Å². The zero-order valence-corrected chi connectivity index (χ0v) is 20.8. The number of alkyl halides is 3. The summed E-state index contributed by atoms with van der Waals surface area (Å²) >= 11 is 5.75. The highest BCUT2D eigenvalue weighted by Crippen LogP contribution is 2.37. The lowest BCUT2D eigenvalue weighted by Crippen LogP contribution is -2.43. The van der Waals surface area contributed by atoms with Gasteiger partial charge in [-0.1, -0.05) is 41.9 Å². The van der Waals surface area contributed by atoms with E-state index in [-0.39, 0.29) is 18.1 Å². The van der Waals surface area contributed by atoms with Gasteiger partial charge in [0.2, 0.25) is 11.7 Å². The van der Waals surface area contributed by atoms with Crippen molar-refractivity contribution >= 4 is 29.1 Å². The molecule has 0 atom stereocenters. The van der Waals surface area contributed by atoms with Crippen LogP contribution in [0.1, 0.15) is 16.9 Å². The third-order valence-electron chi connectivity index (χ3n) is 5.44. The number of tetrazole rings is 1. The highest BCUT2D eigenvalue weighted by Gasteiger charge is 2.34.